The van der Waals surface area contributed by atoms with Gasteiger partial charge in [0.2, 0.25) is 5.91 Å². The molecule has 3 amide bonds. The lowest BCUT2D eigenvalue weighted by atomic mass is 10.1. The lowest BCUT2D eigenvalue weighted by Gasteiger charge is -2.26. The molecule has 2 unspecified atom stereocenters. The van der Waals surface area contributed by atoms with Crippen LogP contribution in [0.2, 0.25) is 0 Å². The van der Waals surface area contributed by atoms with Crippen LogP contribution in [0.25, 0.3) is 0 Å². The van der Waals surface area contributed by atoms with Crippen LogP contribution in [0.1, 0.15) is 40.5 Å². The SMILES string of the molecule is CCS(=O)(=O)CCC(NC(=O)C(CCSC)N1C(=O)c2ccccc2C1=O)C(=O)O. The first-order valence-electron chi connectivity index (χ1n) is 9.32. The Hall–Kier alpha value is -2.40. The third-order valence-electron chi connectivity index (χ3n) is 4.81. The molecule has 2 rings (SSSR count). The summed E-state index contributed by atoms with van der Waals surface area (Å²) in [6.45, 7) is 1.45. The highest BCUT2D eigenvalue weighted by molar-refractivity contribution is 7.98. The van der Waals surface area contributed by atoms with Crippen LogP contribution in [0.15, 0.2) is 24.3 Å². The number of nitrogens with zero attached hydrogens (tertiary/aromatic N) is 1. The van der Waals surface area contributed by atoms with Crippen molar-refractivity contribution in [2.24, 2.45) is 0 Å². The highest BCUT2D eigenvalue weighted by Crippen LogP contribution is 2.26. The van der Waals surface area contributed by atoms with Gasteiger partial charge in [0, 0.05) is 5.75 Å². The fraction of sp³-hybridized carbons (Fsp3) is 0.474. The minimum absolute atomic E-state index is 0.137. The Morgan fingerprint density at radius 2 is 1.70 bits per heavy atom. The van der Waals surface area contributed by atoms with E-state index in [1.165, 1.54) is 30.8 Å². The number of amides is 3. The Labute approximate surface area is 179 Å². The molecule has 2 atom stereocenters. The number of carboxylic acids is 1. The normalized spacial score (nSPS) is 15.6. The Bertz CT molecular complexity index is 911. The summed E-state index contributed by atoms with van der Waals surface area (Å²) in [4.78, 5) is 50.8. The van der Waals surface area contributed by atoms with Crippen molar-refractivity contribution in [3.05, 3.63) is 35.4 Å². The van der Waals surface area contributed by atoms with E-state index >= 15 is 0 Å². The maximum atomic E-state index is 12.9. The van der Waals surface area contributed by atoms with E-state index in [-0.39, 0.29) is 29.7 Å². The molecule has 1 aliphatic heterocycles. The number of imide groups is 1. The number of benzene rings is 1. The number of rotatable bonds is 11. The Kier molecular flexibility index (Phi) is 8.02. The van der Waals surface area contributed by atoms with Gasteiger partial charge >= 0.3 is 5.97 Å². The quantitative estimate of drug-likeness (QED) is 0.466. The fourth-order valence-electron chi connectivity index (χ4n) is 3.06. The monoisotopic (exact) mass is 456 g/mol. The molecular weight excluding hydrogens is 432 g/mol. The molecule has 2 N–H and O–H groups in total. The molecule has 164 valence electrons. The molecule has 0 aromatic heterocycles. The number of fused-ring (bicyclic) bond motifs is 1. The first-order chi connectivity index (χ1) is 14.1. The van der Waals surface area contributed by atoms with Crippen molar-refractivity contribution in [1.82, 2.24) is 10.2 Å². The number of thioether (sulfide) groups is 1. The van der Waals surface area contributed by atoms with Gasteiger partial charge in [0.15, 0.2) is 0 Å². The molecule has 1 heterocycles. The predicted octanol–water partition coefficient (Wildman–Crippen LogP) is 0.799. The summed E-state index contributed by atoms with van der Waals surface area (Å²) in [6, 6.07) is 3.56. The lowest BCUT2D eigenvalue weighted by Crippen LogP contribution is -2.53. The Morgan fingerprint density at radius 3 is 2.17 bits per heavy atom. The number of carboxylic acid groups (broad SMARTS) is 1. The van der Waals surface area contributed by atoms with Gasteiger partial charge in [0.1, 0.15) is 21.9 Å². The van der Waals surface area contributed by atoms with Gasteiger partial charge < -0.3 is 10.4 Å². The van der Waals surface area contributed by atoms with Crippen molar-refractivity contribution in [1.29, 1.82) is 0 Å². The molecule has 0 saturated carbocycles. The van der Waals surface area contributed by atoms with Crippen LogP contribution in [0.3, 0.4) is 0 Å². The molecule has 0 bridgehead atoms. The molecule has 9 nitrogen and oxygen atoms in total. The minimum Gasteiger partial charge on any atom is -0.480 e. The van der Waals surface area contributed by atoms with E-state index < -0.39 is 51.4 Å². The van der Waals surface area contributed by atoms with Gasteiger partial charge in [0.25, 0.3) is 11.8 Å². The number of hydrogen-bond donors (Lipinski definition) is 2. The fourth-order valence-corrected chi connectivity index (χ4v) is 4.41. The largest absolute Gasteiger partial charge is 0.480 e. The first kappa shape index (κ1) is 23.9. The van der Waals surface area contributed by atoms with Crippen LogP contribution in [0, 0.1) is 0 Å². The number of sulfone groups is 1. The smallest absolute Gasteiger partial charge is 0.326 e. The Morgan fingerprint density at radius 1 is 1.13 bits per heavy atom. The molecule has 0 spiro atoms. The second kappa shape index (κ2) is 10.1. The van der Waals surface area contributed by atoms with E-state index in [1.807, 2.05) is 0 Å². The van der Waals surface area contributed by atoms with E-state index in [4.69, 9.17) is 0 Å². The number of hydrogen-bond acceptors (Lipinski definition) is 7. The molecule has 1 aromatic rings. The standard InChI is InChI=1S/C19H24N2O7S2/c1-3-30(27,28)11-9-14(19(25)26)20-16(22)15(8-10-29-2)21-17(23)12-6-4-5-7-13(12)18(21)24/h4-7,14-15H,3,8-11H2,1-2H3,(H,20,22)(H,25,26). The molecule has 1 aromatic carbocycles. The van der Waals surface area contributed by atoms with E-state index in [1.54, 1.807) is 18.4 Å². The predicted molar refractivity (Wildman–Crippen MR) is 112 cm³/mol. The summed E-state index contributed by atoms with van der Waals surface area (Å²) >= 11 is 1.41. The van der Waals surface area contributed by atoms with Crippen LogP contribution < -0.4 is 5.32 Å². The van der Waals surface area contributed by atoms with Gasteiger partial charge in [-0.3, -0.25) is 19.3 Å². The van der Waals surface area contributed by atoms with Gasteiger partial charge in [0.05, 0.1) is 16.9 Å². The molecule has 0 aliphatic carbocycles. The zero-order chi connectivity index (χ0) is 22.5. The van der Waals surface area contributed by atoms with Crippen molar-refractivity contribution in [2.45, 2.75) is 31.8 Å². The van der Waals surface area contributed by atoms with E-state index in [0.29, 0.717) is 5.75 Å². The summed E-state index contributed by atoms with van der Waals surface area (Å²) in [7, 11) is -3.42. The van der Waals surface area contributed by atoms with Crippen LogP contribution >= 0.6 is 11.8 Å². The van der Waals surface area contributed by atoms with Crippen LogP contribution in [0.4, 0.5) is 0 Å². The molecule has 1 aliphatic rings. The third kappa shape index (κ3) is 5.39. The summed E-state index contributed by atoms with van der Waals surface area (Å²) in [5.41, 5.74) is 0.376. The highest BCUT2D eigenvalue weighted by atomic mass is 32.2. The number of nitrogens with one attached hydrogen (secondary N) is 1. The molecule has 11 heteroatoms. The maximum Gasteiger partial charge on any atom is 0.326 e. The topological polar surface area (TPSA) is 138 Å². The van der Waals surface area contributed by atoms with Gasteiger partial charge in [-0.1, -0.05) is 19.1 Å². The van der Waals surface area contributed by atoms with Crippen LogP contribution in [-0.4, -0.2) is 77.7 Å². The molecule has 0 fully saturated rings. The average molecular weight is 457 g/mol. The molecule has 30 heavy (non-hydrogen) atoms. The summed E-state index contributed by atoms with van der Waals surface area (Å²) < 4.78 is 23.4. The van der Waals surface area contributed by atoms with Crippen molar-refractivity contribution in [3.8, 4) is 0 Å². The van der Waals surface area contributed by atoms with Crippen LogP contribution in [-0.2, 0) is 19.4 Å². The number of carbonyl (C=O) groups is 4. The number of aliphatic carboxylic acids is 1. The second-order valence-corrected chi connectivity index (χ2v) is 10.2. The molecule has 0 saturated heterocycles. The van der Waals surface area contributed by atoms with Crippen molar-refractivity contribution < 1.29 is 32.7 Å². The average Bonchev–Trinajstić information content (AvgIpc) is 2.96. The van der Waals surface area contributed by atoms with Gasteiger partial charge in [-0.15, -0.1) is 0 Å². The van der Waals surface area contributed by atoms with Crippen molar-refractivity contribution in [3.63, 3.8) is 0 Å². The lowest BCUT2D eigenvalue weighted by molar-refractivity contribution is -0.142. The van der Waals surface area contributed by atoms with Crippen molar-refractivity contribution in [2.75, 3.05) is 23.5 Å². The summed E-state index contributed by atoms with van der Waals surface area (Å²) in [5.74, 6) is -3.51. The second-order valence-electron chi connectivity index (χ2n) is 6.75. The zero-order valence-corrected chi connectivity index (χ0v) is 18.3. The summed E-state index contributed by atoms with van der Waals surface area (Å²) in [6.07, 6.45) is 1.62. The molecule has 0 radical (unpaired) electrons. The third-order valence-corrected chi connectivity index (χ3v) is 7.19. The van der Waals surface area contributed by atoms with Gasteiger partial charge in [-0.25, -0.2) is 13.2 Å². The van der Waals surface area contributed by atoms with Gasteiger partial charge in [-0.2, -0.15) is 11.8 Å². The summed E-state index contributed by atoms with van der Waals surface area (Å²) in [5, 5.41) is 11.7. The van der Waals surface area contributed by atoms with Gasteiger partial charge in [-0.05, 0) is 37.0 Å². The van der Waals surface area contributed by atoms with E-state index in [0.717, 1.165) is 4.90 Å². The minimum atomic E-state index is -3.42. The number of carbonyl (C=O) groups excluding carboxylic acids is 3. The molecular formula is C19H24N2O7S2. The zero-order valence-electron chi connectivity index (χ0n) is 16.7. The van der Waals surface area contributed by atoms with Crippen LogP contribution in [0.5, 0.6) is 0 Å². The van der Waals surface area contributed by atoms with E-state index in [2.05, 4.69) is 5.32 Å². The Balaban J connectivity index is 2.24. The maximum absolute atomic E-state index is 12.9. The van der Waals surface area contributed by atoms with E-state index in [9.17, 15) is 32.7 Å². The first-order valence-corrected chi connectivity index (χ1v) is 12.5. The van der Waals surface area contributed by atoms with Crippen molar-refractivity contribution >= 4 is 45.3 Å². The highest BCUT2D eigenvalue weighted by Gasteiger charge is 2.43.